The van der Waals surface area contributed by atoms with E-state index in [9.17, 15) is 14.9 Å². The smallest absolute Gasteiger partial charge is 0.285 e. The van der Waals surface area contributed by atoms with E-state index in [0.29, 0.717) is 5.56 Å². The van der Waals surface area contributed by atoms with Crippen LogP contribution in [-0.2, 0) is 0 Å². The zero-order chi connectivity index (χ0) is 10.4. The van der Waals surface area contributed by atoms with Gasteiger partial charge in [0.1, 0.15) is 0 Å². The second kappa shape index (κ2) is 5.08. The predicted octanol–water partition coefficient (Wildman–Crippen LogP) is 1.62. The van der Waals surface area contributed by atoms with Gasteiger partial charge in [-0.05, 0) is 6.92 Å². The number of rotatable bonds is 1. The minimum absolute atomic E-state index is 0.0953. The summed E-state index contributed by atoms with van der Waals surface area (Å²) >= 11 is 0. The number of nitrogens with zero attached hydrogens (tertiary/aromatic N) is 1. The number of nitrogens with one attached hydrogen (secondary N) is 1. The molecular weight excluding hydrogens is 172 g/mol. The third-order valence-electron chi connectivity index (χ3n) is 1.28. The summed E-state index contributed by atoms with van der Waals surface area (Å²) in [4.78, 5) is 22.6. The topological polar surface area (TPSA) is 76.0 Å². The first-order valence-corrected chi connectivity index (χ1v) is 3.95. The van der Waals surface area contributed by atoms with E-state index in [2.05, 4.69) is 4.98 Å². The van der Waals surface area contributed by atoms with Gasteiger partial charge in [0, 0.05) is 11.6 Å². The zero-order valence-corrected chi connectivity index (χ0v) is 7.83. The van der Waals surface area contributed by atoms with Crippen molar-refractivity contribution in [2.24, 2.45) is 0 Å². The minimum atomic E-state index is -0.553. The molecule has 0 fully saturated rings. The fraction of sp³-hybridized carbons (Fsp3) is 0.375. The van der Waals surface area contributed by atoms with Gasteiger partial charge in [0.05, 0.1) is 11.1 Å². The molecular formula is C8H12N2O3. The lowest BCUT2D eigenvalue weighted by molar-refractivity contribution is -0.385. The molecule has 0 aliphatic carbocycles. The summed E-state index contributed by atoms with van der Waals surface area (Å²) in [7, 11) is 0. The van der Waals surface area contributed by atoms with Crippen molar-refractivity contribution in [2.75, 3.05) is 0 Å². The van der Waals surface area contributed by atoms with Crippen molar-refractivity contribution in [2.45, 2.75) is 20.8 Å². The number of hydrogen-bond acceptors (Lipinski definition) is 3. The summed E-state index contributed by atoms with van der Waals surface area (Å²) in [6.45, 7) is 5.52. The molecule has 0 spiro atoms. The predicted molar refractivity (Wildman–Crippen MR) is 49.8 cm³/mol. The molecule has 0 unspecified atom stereocenters. The molecule has 1 aromatic heterocycles. The monoisotopic (exact) mass is 184 g/mol. The highest BCUT2D eigenvalue weighted by molar-refractivity contribution is 5.28. The van der Waals surface area contributed by atoms with Gasteiger partial charge in [-0.2, -0.15) is 0 Å². The molecule has 0 saturated carbocycles. The van der Waals surface area contributed by atoms with Gasteiger partial charge in [0.25, 0.3) is 11.2 Å². The van der Waals surface area contributed by atoms with Crippen LogP contribution in [0.1, 0.15) is 19.4 Å². The van der Waals surface area contributed by atoms with Gasteiger partial charge in [-0.1, -0.05) is 13.8 Å². The number of pyridine rings is 1. The molecule has 1 heterocycles. The Labute approximate surface area is 75.6 Å². The largest absolute Gasteiger partial charge is 0.323 e. The number of nitro groups is 1. The Morgan fingerprint density at radius 2 is 2.00 bits per heavy atom. The quantitative estimate of drug-likeness (QED) is 0.532. The maximum atomic E-state index is 10.7. The Morgan fingerprint density at radius 1 is 1.46 bits per heavy atom. The van der Waals surface area contributed by atoms with Gasteiger partial charge < -0.3 is 4.98 Å². The third-order valence-corrected chi connectivity index (χ3v) is 1.28. The highest BCUT2D eigenvalue weighted by atomic mass is 16.6. The Kier molecular flexibility index (Phi) is 4.43. The van der Waals surface area contributed by atoms with Crippen molar-refractivity contribution in [1.82, 2.24) is 4.98 Å². The number of aromatic amines is 1. The third kappa shape index (κ3) is 3.06. The first-order valence-electron chi connectivity index (χ1n) is 3.95. The van der Waals surface area contributed by atoms with E-state index >= 15 is 0 Å². The zero-order valence-electron chi connectivity index (χ0n) is 7.83. The molecule has 72 valence electrons. The van der Waals surface area contributed by atoms with Crippen LogP contribution < -0.4 is 5.56 Å². The molecule has 1 N–H and O–H groups in total. The van der Waals surface area contributed by atoms with Crippen LogP contribution in [0.4, 0.5) is 5.69 Å². The van der Waals surface area contributed by atoms with Crippen LogP contribution >= 0.6 is 0 Å². The molecule has 0 aliphatic rings. The Bertz CT molecular complexity index is 343. The molecule has 0 aliphatic heterocycles. The SMILES string of the molecule is CC.Cc1cc([N+](=O)[O-])c[nH]c1=O. The van der Waals surface area contributed by atoms with Crippen molar-refractivity contribution in [3.05, 3.63) is 38.3 Å². The molecule has 0 aromatic carbocycles. The average Bonchev–Trinajstić information content (AvgIpc) is 2.13. The lowest BCUT2D eigenvalue weighted by atomic mass is 10.3. The van der Waals surface area contributed by atoms with E-state index in [4.69, 9.17) is 0 Å². The van der Waals surface area contributed by atoms with Crippen LogP contribution in [0.15, 0.2) is 17.1 Å². The Balaban J connectivity index is 0.000000671. The molecule has 5 nitrogen and oxygen atoms in total. The van der Waals surface area contributed by atoms with Crippen molar-refractivity contribution in [3.63, 3.8) is 0 Å². The molecule has 0 saturated heterocycles. The Morgan fingerprint density at radius 3 is 2.38 bits per heavy atom. The van der Waals surface area contributed by atoms with E-state index in [1.54, 1.807) is 0 Å². The van der Waals surface area contributed by atoms with Crippen molar-refractivity contribution in [1.29, 1.82) is 0 Å². The van der Waals surface area contributed by atoms with Crippen LogP contribution in [0.2, 0.25) is 0 Å². The maximum Gasteiger partial charge on any atom is 0.285 e. The van der Waals surface area contributed by atoms with E-state index in [1.807, 2.05) is 13.8 Å². The van der Waals surface area contributed by atoms with Gasteiger partial charge in [-0.3, -0.25) is 14.9 Å². The molecule has 0 amide bonds. The van der Waals surface area contributed by atoms with Crippen LogP contribution in [-0.4, -0.2) is 9.91 Å². The van der Waals surface area contributed by atoms with Crippen molar-refractivity contribution >= 4 is 5.69 Å². The lowest BCUT2D eigenvalue weighted by Crippen LogP contribution is -2.08. The van der Waals surface area contributed by atoms with E-state index in [0.717, 1.165) is 6.20 Å². The van der Waals surface area contributed by atoms with Crippen LogP contribution in [0.25, 0.3) is 0 Å². The van der Waals surface area contributed by atoms with Gasteiger partial charge in [-0.15, -0.1) is 0 Å². The number of H-pyrrole nitrogens is 1. The molecule has 0 atom stereocenters. The van der Waals surface area contributed by atoms with Gasteiger partial charge >= 0.3 is 0 Å². The molecule has 1 rings (SSSR count). The normalized spacial score (nSPS) is 8.54. The van der Waals surface area contributed by atoms with Crippen molar-refractivity contribution in [3.8, 4) is 0 Å². The summed E-state index contributed by atoms with van der Waals surface area (Å²) in [6, 6.07) is 1.23. The molecule has 13 heavy (non-hydrogen) atoms. The average molecular weight is 184 g/mol. The van der Waals surface area contributed by atoms with Gasteiger partial charge in [0.15, 0.2) is 0 Å². The van der Waals surface area contributed by atoms with Gasteiger partial charge in [0.2, 0.25) is 0 Å². The second-order valence-electron chi connectivity index (χ2n) is 2.13. The highest BCUT2D eigenvalue weighted by Crippen LogP contribution is 2.06. The van der Waals surface area contributed by atoms with E-state index in [-0.39, 0.29) is 11.2 Å². The number of hydrogen-bond donors (Lipinski definition) is 1. The summed E-state index contributed by atoms with van der Waals surface area (Å²) in [5.74, 6) is 0. The molecule has 0 bridgehead atoms. The molecule has 1 aromatic rings. The summed E-state index contributed by atoms with van der Waals surface area (Å²) in [5, 5.41) is 10.1. The summed E-state index contributed by atoms with van der Waals surface area (Å²) in [6.07, 6.45) is 1.08. The standard InChI is InChI=1S/C6H6N2O3.C2H6/c1-4-2-5(8(10)11)3-7-6(4)9;1-2/h2-3H,1H3,(H,7,9);1-2H3. The van der Waals surface area contributed by atoms with Crippen molar-refractivity contribution < 1.29 is 4.92 Å². The maximum absolute atomic E-state index is 10.7. The summed E-state index contributed by atoms with van der Waals surface area (Å²) < 4.78 is 0. The fourth-order valence-corrected chi connectivity index (χ4v) is 0.688. The number of aryl methyl sites for hydroxylation is 1. The second-order valence-corrected chi connectivity index (χ2v) is 2.13. The molecule has 0 radical (unpaired) electrons. The number of aromatic nitrogens is 1. The van der Waals surface area contributed by atoms with Crippen LogP contribution in [0, 0.1) is 17.0 Å². The lowest BCUT2D eigenvalue weighted by Gasteiger charge is -1.90. The summed E-state index contributed by atoms with van der Waals surface area (Å²) in [5.41, 5.74) is -0.0445. The first-order chi connectivity index (χ1) is 6.11. The fourth-order valence-electron chi connectivity index (χ4n) is 0.688. The Hall–Kier alpha value is -1.65. The van der Waals surface area contributed by atoms with E-state index < -0.39 is 4.92 Å². The minimum Gasteiger partial charge on any atom is -0.323 e. The van der Waals surface area contributed by atoms with Crippen LogP contribution in [0.3, 0.4) is 0 Å². The van der Waals surface area contributed by atoms with E-state index in [1.165, 1.54) is 13.0 Å². The van der Waals surface area contributed by atoms with Gasteiger partial charge in [-0.25, -0.2) is 0 Å². The molecule has 5 heteroatoms. The highest BCUT2D eigenvalue weighted by Gasteiger charge is 2.05. The first kappa shape index (κ1) is 11.4. The van der Waals surface area contributed by atoms with Crippen LogP contribution in [0.5, 0.6) is 0 Å².